The Morgan fingerprint density at radius 2 is 1.85 bits per heavy atom. The van der Waals surface area contributed by atoms with Crippen molar-refractivity contribution in [3.05, 3.63) is 16.0 Å². The molecule has 1 aromatic heterocycles. The Morgan fingerprint density at radius 3 is 2.30 bits per heavy atom. The number of esters is 1. The molecular weight excluding hydrogens is 298 g/mol. The van der Waals surface area contributed by atoms with Gasteiger partial charge in [0.15, 0.2) is 0 Å². The number of aryl methyl sites for hydroxylation is 1. The third-order valence-corrected chi connectivity index (χ3v) is 6.24. The van der Waals surface area contributed by atoms with Crippen LogP contribution in [0.4, 0.5) is 5.00 Å². The fourth-order valence-corrected chi connectivity index (χ4v) is 3.47. The monoisotopic (exact) mass is 319 g/mol. The Bertz CT molecular complexity index is 609. The van der Waals surface area contributed by atoms with Crippen LogP contribution in [0.1, 0.15) is 48.5 Å². The molecule has 0 saturated heterocycles. The number of carbonyl (C=O) groups excluding carboxylic acids is 1. The van der Waals surface area contributed by atoms with Crippen molar-refractivity contribution in [3.63, 3.8) is 0 Å². The van der Waals surface area contributed by atoms with Crippen molar-refractivity contribution in [2.75, 3.05) is 11.3 Å². The van der Waals surface area contributed by atoms with E-state index in [-0.39, 0.29) is 6.61 Å². The van der Waals surface area contributed by atoms with Crippen molar-refractivity contribution in [1.29, 1.82) is 0 Å². The lowest BCUT2D eigenvalue weighted by atomic mass is 10.2. The largest absolute Gasteiger partial charge is 0.462 e. The molecule has 114 valence electrons. The summed E-state index contributed by atoms with van der Waals surface area (Å²) in [6.45, 7) is 10.4. The maximum Gasteiger partial charge on any atom is 0.341 e. The van der Waals surface area contributed by atoms with E-state index in [4.69, 9.17) is 4.74 Å². The highest BCUT2D eigenvalue weighted by Gasteiger charge is 2.32. The van der Waals surface area contributed by atoms with Gasteiger partial charge in [-0.2, -0.15) is 0 Å². The van der Waals surface area contributed by atoms with E-state index < -0.39 is 20.7 Å². The smallest absolute Gasteiger partial charge is 0.341 e. The van der Waals surface area contributed by atoms with Crippen molar-refractivity contribution in [2.45, 2.75) is 46.3 Å². The van der Waals surface area contributed by atoms with Gasteiger partial charge in [-0.25, -0.2) is 13.2 Å². The summed E-state index contributed by atoms with van der Waals surface area (Å²) in [7, 11) is -3.57. The van der Waals surface area contributed by atoms with E-state index in [0.29, 0.717) is 10.6 Å². The number of nitrogens with one attached hydrogen (secondary N) is 1. The number of thiophene rings is 1. The van der Waals surface area contributed by atoms with Crippen LogP contribution >= 0.6 is 11.3 Å². The molecule has 7 heteroatoms. The minimum absolute atomic E-state index is 0.249. The molecule has 1 rings (SSSR count). The number of carbonyl (C=O) groups is 1. The Morgan fingerprint density at radius 1 is 1.30 bits per heavy atom. The first-order valence-corrected chi connectivity index (χ1v) is 8.60. The third kappa shape index (κ3) is 3.32. The standard InChI is InChI=1S/C13H21NO4S2/c1-7-18-12(15)10-8(2)9(3)19-11(10)14-20(16,17)13(4,5)6/h14H,7H2,1-6H3. The zero-order valence-corrected chi connectivity index (χ0v) is 14.3. The van der Waals surface area contributed by atoms with Gasteiger partial charge in [0.05, 0.1) is 16.9 Å². The van der Waals surface area contributed by atoms with E-state index in [9.17, 15) is 13.2 Å². The summed E-state index contributed by atoms with van der Waals surface area (Å²) < 4.78 is 31.0. The molecule has 0 atom stereocenters. The summed E-state index contributed by atoms with van der Waals surface area (Å²) >= 11 is 1.25. The quantitative estimate of drug-likeness (QED) is 0.866. The summed E-state index contributed by atoms with van der Waals surface area (Å²) in [5.41, 5.74) is 1.06. The molecule has 0 bridgehead atoms. The molecule has 1 heterocycles. The highest BCUT2D eigenvalue weighted by molar-refractivity contribution is 7.94. The molecule has 1 N–H and O–H groups in total. The first-order chi connectivity index (χ1) is 9.01. The van der Waals surface area contributed by atoms with Gasteiger partial charge >= 0.3 is 5.97 Å². The van der Waals surface area contributed by atoms with Gasteiger partial charge in [0, 0.05) is 4.88 Å². The minimum atomic E-state index is -3.57. The Hall–Kier alpha value is -1.08. The Kier molecular flexibility index (Phi) is 4.86. The average molecular weight is 319 g/mol. The van der Waals surface area contributed by atoms with Crippen LogP contribution < -0.4 is 4.72 Å². The third-order valence-electron chi connectivity index (χ3n) is 2.90. The fourth-order valence-electron chi connectivity index (χ4n) is 1.42. The molecule has 0 radical (unpaired) electrons. The zero-order chi connectivity index (χ0) is 15.7. The van der Waals surface area contributed by atoms with E-state index in [2.05, 4.69) is 4.72 Å². The molecule has 0 aromatic carbocycles. The summed E-state index contributed by atoms with van der Waals surface area (Å²) in [5, 5.41) is 0.327. The number of hydrogen-bond donors (Lipinski definition) is 1. The molecule has 0 amide bonds. The SMILES string of the molecule is CCOC(=O)c1c(NS(=O)(=O)C(C)(C)C)sc(C)c1C. The number of anilines is 1. The minimum Gasteiger partial charge on any atom is -0.462 e. The van der Waals surface area contributed by atoms with Gasteiger partial charge in [0.1, 0.15) is 5.00 Å². The molecule has 0 spiro atoms. The lowest BCUT2D eigenvalue weighted by molar-refractivity contribution is 0.0527. The first kappa shape index (κ1) is 17.0. The number of ether oxygens (including phenoxy) is 1. The summed E-state index contributed by atoms with van der Waals surface area (Å²) in [5.74, 6) is -0.499. The highest BCUT2D eigenvalue weighted by atomic mass is 32.2. The van der Waals surface area contributed by atoms with E-state index in [1.54, 1.807) is 34.6 Å². The topological polar surface area (TPSA) is 72.5 Å². The maximum atomic E-state index is 12.2. The van der Waals surface area contributed by atoms with Gasteiger partial charge in [-0.3, -0.25) is 4.72 Å². The molecular formula is C13H21NO4S2. The predicted octanol–water partition coefficient (Wildman–Crippen LogP) is 3.08. The molecule has 0 saturated carbocycles. The summed E-state index contributed by atoms with van der Waals surface area (Å²) in [4.78, 5) is 12.9. The van der Waals surface area contributed by atoms with Crippen LogP contribution in [0, 0.1) is 13.8 Å². The fraction of sp³-hybridized carbons (Fsp3) is 0.615. The van der Waals surface area contributed by atoms with Crippen LogP contribution in [0.3, 0.4) is 0 Å². The molecule has 0 aliphatic carbocycles. The lowest BCUT2D eigenvalue weighted by Gasteiger charge is -2.20. The van der Waals surface area contributed by atoms with Gasteiger partial charge < -0.3 is 4.74 Å². The van der Waals surface area contributed by atoms with E-state index in [1.807, 2.05) is 6.92 Å². The Labute approximate surface area is 124 Å². The van der Waals surface area contributed by atoms with Gasteiger partial charge in [-0.1, -0.05) is 0 Å². The molecule has 5 nitrogen and oxygen atoms in total. The second-order valence-corrected chi connectivity index (χ2v) is 9.09. The van der Waals surface area contributed by atoms with Crippen LogP contribution in [0.25, 0.3) is 0 Å². The second-order valence-electron chi connectivity index (χ2n) is 5.43. The summed E-state index contributed by atoms with van der Waals surface area (Å²) in [6.07, 6.45) is 0. The van der Waals surface area contributed by atoms with Crippen molar-refractivity contribution >= 4 is 32.3 Å². The molecule has 1 aromatic rings. The van der Waals surface area contributed by atoms with Crippen LogP contribution in [0.15, 0.2) is 0 Å². The number of rotatable bonds is 4. The van der Waals surface area contributed by atoms with Crippen molar-refractivity contribution < 1.29 is 17.9 Å². The average Bonchev–Trinajstić information content (AvgIpc) is 2.52. The Balaban J connectivity index is 3.27. The summed E-state index contributed by atoms with van der Waals surface area (Å²) in [6, 6.07) is 0. The van der Waals surface area contributed by atoms with Gasteiger partial charge in [0.25, 0.3) is 0 Å². The zero-order valence-electron chi connectivity index (χ0n) is 12.7. The second kappa shape index (κ2) is 5.73. The van der Waals surface area contributed by atoms with E-state index >= 15 is 0 Å². The molecule has 0 unspecified atom stereocenters. The van der Waals surface area contributed by atoms with Crippen molar-refractivity contribution in [2.24, 2.45) is 0 Å². The van der Waals surface area contributed by atoms with Gasteiger partial charge in [-0.05, 0) is 47.1 Å². The van der Waals surface area contributed by atoms with Crippen molar-refractivity contribution in [3.8, 4) is 0 Å². The van der Waals surface area contributed by atoms with Crippen LogP contribution in [-0.4, -0.2) is 25.7 Å². The highest BCUT2D eigenvalue weighted by Crippen LogP contribution is 2.35. The van der Waals surface area contributed by atoms with E-state index in [0.717, 1.165) is 10.4 Å². The van der Waals surface area contributed by atoms with Crippen LogP contribution in [0.2, 0.25) is 0 Å². The van der Waals surface area contributed by atoms with Gasteiger partial charge in [0.2, 0.25) is 10.0 Å². The van der Waals surface area contributed by atoms with Crippen LogP contribution in [-0.2, 0) is 14.8 Å². The molecule has 20 heavy (non-hydrogen) atoms. The molecule has 0 aliphatic rings. The first-order valence-electron chi connectivity index (χ1n) is 6.30. The maximum absolute atomic E-state index is 12.2. The van der Waals surface area contributed by atoms with E-state index in [1.165, 1.54) is 11.3 Å². The van der Waals surface area contributed by atoms with Gasteiger partial charge in [-0.15, -0.1) is 11.3 Å². The number of hydrogen-bond acceptors (Lipinski definition) is 5. The lowest BCUT2D eigenvalue weighted by Crippen LogP contribution is -2.33. The molecule has 0 aliphatic heterocycles. The molecule has 0 fully saturated rings. The van der Waals surface area contributed by atoms with Crippen LogP contribution in [0.5, 0.6) is 0 Å². The number of sulfonamides is 1. The predicted molar refractivity (Wildman–Crippen MR) is 82.0 cm³/mol. The normalized spacial score (nSPS) is 12.3. The van der Waals surface area contributed by atoms with Crippen molar-refractivity contribution in [1.82, 2.24) is 0 Å².